The normalized spacial score (nSPS) is 12.5. The highest BCUT2D eigenvalue weighted by molar-refractivity contribution is 9.09. The van der Waals surface area contributed by atoms with Crippen LogP contribution in [0.25, 0.3) is 0 Å². The first-order valence-corrected chi connectivity index (χ1v) is 6.80. The van der Waals surface area contributed by atoms with Gasteiger partial charge in [-0.1, -0.05) is 45.2 Å². The van der Waals surface area contributed by atoms with Crippen molar-refractivity contribution in [3.8, 4) is 0 Å². The topological polar surface area (TPSA) is 0 Å². The minimum absolute atomic E-state index is 0.245. The predicted octanol–water partition coefficient (Wildman–Crippen LogP) is 5.90. The summed E-state index contributed by atoms with van der Waals surface area (Å²) in [7, 11) is 0. The number of hydrogen-bond acceptors (Lipinski definition) is 0. The Labute approximate surface area is 126 Å². The minimum Gasteiger partial charge on any atom is -0.204 e. The quantitative estimate of drug-likeness (QED) is 0.457. The van der Waals surface area contributed by atoms with E-state index < -0.39 is 22.3 Å². The fourth-order valence-electron chi connectivity index (χ4n) is 1.58. The molecule has 0 amide bonds. The third-order valence-corrected chi connectivity index (χ3v) is 4.33. The minimum atomic E-state index is -1.49. The van der Waals surface area contributed by atoms with Gasteiger partial charge in [0, 0.05) is 0 Å². The van der Waals surface area contributed by atoms with Crippen molar-refractivity contribution in [2.45, 2.75) is 4.83 Å². The molecule has 0 nitrogen and oxygen atoms in total. The molecule has 2 aromatic rings. The highest BCUT2D eigenvalue weighted by atomic mass is 79.9. The van der Waals surface area contributed by atoms with Gasteiger partial charge in [0.15, 0.2) is 17.5 Å². The SMILES string of the molecule is Fc1cc(C(Br)c2ccc(Cl)c(Cl)c2)cc(F)c1F. The summed E-state index contributed by atoms with van der Waals surface area (Å²) in [5.41, 5.74) is 0.898. The molecule has 0 aliphatic heterocycles. The maximum Gasteiger partial charge on any atom is 0.194 e. The maximum atomic E-state index is 13.2. The molecule has 0 saturated heterocycles. The lowest BCUT2D eigenvalue weighted by Gasteiger charge is -2.12. The summed E-state index contributed by atoms with van der Waals surface area (Å²) < 4.78 is 39.2. The van der Waals surface area contributed by atoms with Crippen LogP contribution in [0.2, 0.25) is 10.0 Å². The molecule has 0 N–H and O–H groups in total. The van der Waals surface area contributed by atoms with Crippen molar-refractivity contribution < 1.29 is 13.2 Å². The van der Waals surface area contributed by atoms with E-state index in [9.17, 15) is 13.2 Å². The molecular formula is C13H6BrCl2F3. The zero-order chi connectivity index (χ0) is 14.2. The highest BCUT2D eigenvalue weighted by Gasteiger charge is 2.17. The second-order valence-corrected chi connectivity index (χ2v) is 5.56. The van der Waals surface area contributed by atoms with Crippen molar-refractivity contribution in [3.05, 3.63) is 69.0 Å². The molecule has 2 aromatic carbocycles. The van der Waals surface area contributed by atoms with Crippen LogP contribution >= 0.6 is 39.1 Å². The summed E-state index contributed by atoms with van der Waals surface area (Å²) in [6, 6.07) is 6.67. The van der Waals surface area contributed by atoms with Gasteiger partial charge in [0.2, 0.25) is 0 Å². The molecule has 1 unspecified atom stereocenters. The molecule has 19 heavy (non-hydrogen) atoms. The largest absolute Gasteiger partial charge is 0.204 e. The van der Waals surface area contributed by atoms with Gasteiger partial charge in [-0.25, -0.2) is 13.2 Å². The van der Waals surface area contributed by atoms with Gasteiger partial charge in [0.1, 0.15) is 0 Å². The Hall–Kier alpha value is -0.710. The van der Waals surface area contributed by atoms with Gasteiger partial charge in [-0.05, 0) is 35.4 Å². The van der Waals surface area contributed by atoms with Crippen molar-refractivity contribution in [3.63, 3.8) is 0 Å². The molecular weight excluding hydrogens is 364 g/mol. The Morgan fingerprint density at radius 3 is 1.95 bits per heavy atom. The van der Waals surface area contributed by atoms with Gasteiger partial charge in [-0.3, -0.25) is 0 Å². The second kappa shape index (κ2) is 5.73. The average molecular weight is 370 g/mol. The Morgan fingerprint density at radius 1 is 0.842 bits per heavy atom. The summed E-state index contributed by atoms with van der Waals surface area (Å²) in [6.45, 7) is 0. The van der Waals surface area contributed by atoms with E-state index >= 15 is 0 Å². The first-order chi connectivity index (χ1) is 8.90. The van der Waals surface area contributed by atoms with Gasteiger partial charge in [-0.2, -0.15) is 0 Å². The van der Waals surface area contributed by atoms with Crippen molar-refractivity contribution in [1.82, 2.24) is 0 Å². The molecule has 0 aromatic heterocycles. The first-order valence-electron chi connectivity index (χ1n) is 5.13. The first kappa shape index (κ1) is 14.7. The molecule has 2 rings (SSSR count). The summed E-state index contributed by atoms with van der Waals surface area (Å²) in [4.78, 5) is -0.521. The van der Waals surface area contributed by atoms with Crippen LogP contribution in [0.3, 0.4) is 0 Å². The van der Waals surface area contributed by atoms with Crippen LogP contribution in [0.4, 0.5) is 13.2 Å². The standard InChI is InChI=1S/C13H6BrCl2F3/c14-12(6-1-2-8(15)9(16)3-6)7-4-10(17)13(19)11(18)5-7/h1-5,12H. The number of rotatable bonds is 2. The molecule has 1 atom stereocenters. The Kier molecular flexibility index (Phi) is 4.43. The Bertz CT molecular complexity index is 608. The number of hydrogen-bond donors (Lipinski definition) is 0. The van der Waals surface area contributed by atoms with Crippen LogP contribution in [0.1, 0.15) is 16.0 Å². The van der Waals surface area contributed by atoms with E-state index in [1.54, 1.807) is 18.2 Å². The van der Waals surface area contributed by atoms with Crippen molar-refractivity contribution in [1.29, 1.82) is 0 Å². The Balaban J connectivity index is 2.43. The van der Waals surface area contributed by atoms with E-state index in [1.165, 1.54) is 0 Å². The van der Waals surface area contributed by atoms with Crippen LogP contribution < -0.4 is 0 Å². The van der Waals surface area contributed by atoms with Crippen molar-refractivity contribution in [2.75, 3.05) is 0 Å². The van der Waals surface area contributed by atoms with E-state index in [0.717, 1.165) is 12.1 Å². The lowest BCUT2D eigenvalue weighted by atomic mass is 10.0. The lowest BCUT2D eigenvalue weighted by molar-refractivity contribution is 0.445. The second-order valence-electron chi connectivity index (χ2n) is 3.83. The Morgan fingerprint density at radius 2 is 1.42 bits per heavy atom. The van der Waals surface area contributed by atoms with Gasteiger partial charge >= 0.3 is 0 Å². The molecule has 0 spiro atoms. The highest BCUT2D eigenvalue weighted by Crippen LogP contribution is 2.35. The van der Waals surface area contributed by atoms with E-state index in [2.05, 4.69) is 15.9 Å². The molecule has 0 radical (unpaired) electrons. The number of halogens is 6. The fraction of sp³-hybridized carbons (Fsp3) is 0.0769. The maximum absolute atomic E-state index is 13.2. The van der Waals surface area contributed by atoms with E-state index in [-0.39, 0.29) is 5.56 Å². The van der Waals surface area contributed by atoms with E-state index in [0.29, 0.717) is 15.6 Å². The summed E-state index contributed by atoms with van der Waals surface area (Å²) in [6.07, 6.45) is 0. The summed E-state index contributed by atoms with van der Waals surface area (Å²) in [5, 5.41) is 0.702. The molecule has 0 aliphatic rings. The van der Waals surface area contributed by atoms with E-state index in [1.807, 2.05) is 0 Å². The molecule has 0 saturated carbocycles. The molecule has 0 fully saturated rings. The third kappa shape index (κ3) is 3.07. The molecule has 6 heteroatoms. The zero-order valence-electron chi connectivity index (χ0n) is 9.23. The average Bonchev–Trinajstić information content (AvgIpc) is 2.37. The molecule has 0 bridgehead atoms. The molecule has 0 aliphatic carbocycles. The third-order valence-electron chi connectivity index (χ3n) is 2.54. The van der Waals surface area contributed by atoms with Gasteiger partial charge in [0.05, 0.1) is 14.9 Å². The molecule has 100 valence electrons. The van der Waals surface area contributed by atoms with Crippen molar-refractivity contribution >= 4 is 39.1 Å². The van der Waals surface area contributed by atoms with Crippen LogP contribution in [-0.2, 0) is 0 Å². The van der Waals surface area contributed by atoms with Crippen LogP contribution in [0, 0.1) is 17.5 Å². The number of alkyl halides is 1. The number of benzene rings is 2. The van der Waals surface area contributed by atoms with Gasteiger partial charge < -0.3 is 0 Å². The van der Waals surface area contributed by atoms with Gasteiger partial charge in [0.25, 0.3) is 0 Å². The summed E-state index contributed by atoms with van der Waals surface area (Å²) in [5.74, 6) is -3.96. The fourth-order valence-corrected chi connectivity index (χ4v) is 2.44. The zero-order valence-corrected chi connectivity index (χ0v) is 12.3. The van der Waals surface area contributed by atoms with Crippen LogP contribution in [0.5, 0.6) is 0 Å². The van der Waals surface area contributed by atoms with Gasteiger partial charge in [-0.15, -0.1) is 0 Å². The lowest BCUT2D eigenvalue weighted by Crippen LogP contribution is -1.98. The van der Waals surface area contributed by atoms with E-state index in [4.69, 9.17) is 23.2 Å². The monoisotopic (exact) mass is 368 g/mol. The van der Waals surface area contributed by atoms with Crippen LogP contribution in [-0.4, -0.2) is 0 Å². The van der Waals surface area contributed by atoms with Crippen LogP contribution in [0.15, 0.2) is 30.3 Å². The summed E-state index contributed by atoms with van der Waals surface area (Å²) >= 11 is 14.9. The molecule has 0 heterocycles. The smallest absolute Gasteiger partial charge is 0.194 e. The van der Waals surface area contributed by atoms with Crippen molar-refractivity contribution in [2.24, 2.45) is 0 Å². The predicted molar refractivity (Wildman–Crippen MR) is 73.5 cm³/mol.